The van der Waals surface area contributed by atoms with Gasteiger partial charge in [0.2, 0.25) is 0 Å². The first-order chi connectivity index (χ1) is 6.65. The molecule has 0 unspecified atom stereocenters. The van der Waals surface area contributed by atoms with Gasteiger partial charge >= 0.3 is 6.08 Å². The Balaban J connectivity index is 2.39. The van der Waals surface area contributed by atoms with Crippen molar-refractivity contribution < 1.29 is 13.2 Å². The Kier molecular flexibility index (Phi) is 4.49. The average Bonchev–Trinajstić information content (AvgIpc) is 2.18. The van der Waals surface area contributed by atoms with E-state index in [1.54, 1.807) is 0 Å². The standard InChI is InChI=1S/C11H17F3/c1-2-3-8-4-6-9(7-5-8)10(12)11(13)14/h8-9H,2-7H2,1H3. The van der Waals surface area contributed by atoms with E-state index in [1.807, 2.05) is 0 Å². The lowest BCUT2D eigenvalue weighted by molar-refractivity contribution is 0.243. The fourth-order valence-corrected chi connectivity index (χ4v) is 2.27. The van der Waals surface area contributed by atoms with Gasteiger partial charge < -0.3 is 0 Å². The van der Waals surface area contributed by atoms with Crippen LogP contribution in [0.3, 0.4) is 0 Å². The van der Waals surface area contributed by atoms with Crippen LogP contribution in [0.2, 0.25) is 0 Å². The Morgan fingerprint density at radius 3 is 2.07 bits per heavy atom. The second kappa shape index (κ2) is 5.42. The molecule has 0 nitrogen and oxygen atoms in total. The van der Waals surface area contributed by atoms with Crippen molar-refractivity contribution >= 4 is 0 Å². The molecule has 0 aromatic rings. The molecule has 0 amide bonds. The van der Waals surface area contributed by atoms with E-state index < -0.39 is 17.8 Å². The second-order valence-electron chi connectivity index (χ2n) is 4.11. The van der Waals surface area contributed by atoms with Crippen molar-refractivity contribution in [1.82, 2.24) is 0 Å². The number of hydrogen-bond acceptors (Lipinski definition) is 0. The number of hydrogen-bond donors (Lipinski definition) is 0. The third-order valence-corrected chi connectivity index (χ3v) is 3.08. The van der Waals surface area contributed by atoms with Crippen molar-refractivity contribution in [3.05, 3.63) is 11.9 Å². The molecule has 0 aliphatic heterocycles. The van der Waals surface area contributed by atoms with Crippen molar-refractivity contribution in [1.29, 1.82) is 0 Å². The summed E-state index contributed by atoms with van der Waals surface area (Å²) in [6.45, 7) is 2.12. The lowest BCUT2D eigenvalue weighted by atomic mass is 9.80. The lowest BCUT2D eigenvalue weighted by Gasteiger charge is -2.26. The quantitative estimate of drug-likeness (QED) is 0.629. The van der Waals surface area contributed by atoms with Crippen molar-refractivity contribution in [2.24, 2.45) is 11.8 Å². The van der Waals surface area contributed by atoms with Gasteiger partial charge in [-0.05, 0) is 31.6 Å². The molecule has 82 valence electrons. The van der Waals surface area contributed by atoms with E-state index in [4.69, 9.17) is 0 Å². The fraction of sp³-hybridized carbons (Fsp3) is 0.818. The summed E-state index contributed by atoms with van der Waals surface area (Å²) in [6, 6.07) is 0. The van der Waals surface area contributed by atoms with Gasteiger partial charge in [0.05, 0.1) is 0 Å². The molecule has 0 aromatic heterocycles. The summed E-state index contributed by atoms with van der Waals surface area (Å²) in [6.07, 6.45) is 3.14. The minimum absolute atomic E-state index is 0.506. The second-order valence-corrected chi connectivity index (χ2v) is 4.11. The Bertz CT molecular complexity index is 199. The molecule has 0 aromatic carbocycles. The molecular formula is C11H17F3. The minimum atomic E-state index is -2.12. The molecule has 0 spiro atoms. The van der Waals surface area contributed by atoms with Crippen LogP contribution in [-0.4, -0.2) is 0 Å². The van der Waals surface area contributed by atoms with Crippen LogP contribution >= 0.6 is 0 Å². The van der Waals surface area contributed by atoms with Crippen molar-refractivity contribution in [2.45, 2.75) is 45.4 Å². The van der Waals surface area contributed by atoms with Gasteiger partial charge in [0.1, 0.15) is 0 Å². The molecule has 0 radical (unpaired) electrons. The maximum atomic E-state index is 12.9. The first-order valence-corrected chi connectivity index (χ1v) is 5.35. The molecule has 1 fully saturated rings. The Morgan fingerprint density at radius 1 is 1.07 bits per heavy atom. The van der Waals surface area contributed by atoms with Crippen LogP contribution in [-0.2, 0) is 0 Å². The Morgan fingerprint density at radius 2 is 1.64 bits per heavy atom. The molecule has 3 heteroatoms. The van der Waals surface area contributed by atoms with Gasteiger partial charge in [0.15, 0.2) is 5.83 Å². The highest BCUT2D eigenvalue weighted by Crippen LogP contribution is 2.37. The van der Waals surface area contributed by atoms with E-state index in [0.29, 0.717) is 18.8 Å². The third kappa shape index (κ3) is 3.03. The van der Waals surface area contributed by atoms with Crippen LogP contribution in [0.1, 0.15) is 45.4 Å². The zero-order valence-corrected chi connectivity index (χ0v) is 8.53. The van der Waals surface area contributed by atoms with Gasteiger partial charge in [-0.2, -0.15) is 8.78 Å². The lowest BCUT2D eigenvalue weighted by Crippen LogP contribution is -2.15. The van der Waals surface area contributed by atoms with Gasteiger partial charge in [-0.1, -0.05) is 19.8 Å². The van der Waals surface area contributed by atoms with Gasteiger partial charge in [-0.3, -0.25) is 0 Å². The Hall–Kier alpha value is -0.470. The SMILES string of the molecule is CCCC1CCC(C(F)=C(F)F)CC1. The summed E-state index contributed by atoms with van der Waals surface area (Å²) in [7, 11) is 0. The van der Waals surface area contributed by atoms with Crippen LogP contribution in [0.15, 0.2) is 11.9 Å². The van der Waals surface area contributed by atoms with Crippen LogP contribution in [0, 0.1) is 11.8 Å². The number of rotatable bonds is 3. The molecule has 1 aliphatic rings. The number of halogens is 3. The highest BCUT2D eigenvalue weighted by Gasteiger charge is 2.26. The van der Waals surface area contributed by atoms with Crippen molar-refractivity contribution in [3.63, 3.8) is 0 Å². The van der Waals surface area contributed by atoms with Gasteiger partial charge in [0.25, 0.3) is 0 Å². The molecule has 0 N–H and O–H groups in total. The number of allylic oxidation sites excluding steroid dienone is 1. The minimum Gasteiger partial charge on any atom is -0.206 e. The van der Waals surface area contributed by atoms with Crippen LogP contribution in [0.5, 0.6) is 0 Å². The van der Waals surface area contributed by atoms with Gasteiger partial charge in [-0.25, -0.2) is 4.39 Å². The monoisotopic (exact) mass is 206 g/mol. The molecule has 14 heavy (non-hydrogen) atoms. The normalized spacial score (nSPS) is 27.4. The molecule has 0 bridgehead atoms. The summed E-state index contributed by atoms with van der Waals surface area (Å²) in [5.41, 5.74) is 0. The maximum Gasteiger partial charge on any atom is 0.301 e. The van der Waals surface area contributed by atoms with E-state index in [-0.39, 0.29) is 0 Å². The molecule has 1 saturated carbocycles. The fourth-order valence-electron chi connectivity index (χ4n) is 2.27. The van der Waals surface area contributed by atoms with Crippen LogP contribution < -0.4 is 0 Å². The zero-order chi connectivity index (χ0) is 10.6. The highest BCUT2D eigenvalue weighted by molar-refractivity contribution is 4.99. The molecule has 0 atom stereocenters. The predicted molar refractivity (Wildman–Crippen MR) is 50.7 cm³/mol. The maximum absolute atomic E-state index is 12.9. The largest absolute Gasteiger partial charge is 0.301 e. The van der Waals surface area contributed by atoms with Crippen molar-refractivity contribution in [3.8, 4) is 0 Å². The predicted octanol–water partition coefficient (Wildman–Crippen LogP) is 4.67. The highest BCUT2D eigenvalue weighted by atomic mass is 19.3. The van der Waals surface area contributed by atoms with E-state index in [0.717, 1.165) is 25.7 Å². The van der Waals surface area contributed by atoms with E-state index >= 15 is 0 Å². The first-order valence-electron chi connectivity index (χ1n) is 5.35. The third-order valence-electron chi connectivity index (χ3n) is 3.08. The average molecular weight is 206 g/mol. The van der Waals surface area contributed by atoms with E-state index in [2.05, 4.69) is 6.92 Å². The molecule has 0 heterocycles. The summed E-state index contributed by atoms with van der Waals surface area (Å²) >= 11 is 0. The van der Waals surface area contributed by atoms with Crippen LogP contribution in [0.4, 0.5) is 13.2 Å². The van der Waals surface area contributed by atoms with Crippen molar-refractivity contribution in [2.75, 3.05) is 0 Å². The zero-order valence-electron chi connectivity index (χ0n) is 8.53. The molecular weight excluding hydrogens is 189 g/mol. The van der Waals surface area contributed by atoms with E-state index in [1.165, 1.54) is 0 Å². The summed E-state index contributed by atoms with van der Waals surface area (Å²) < 4.78 is 36.8. The van der Waals surface area contributed by atoms with Gasteiger partial charge in [0, 0.05) is 5.92 Å². The Labute approximate surface area is 83.2 Å². The molecule has 0 saturated heterocycles. The first kappa shape index (κ1) is 11.6. The summed E-state index contributed by atoms with van der Waals surface area (Å²) in [5, 5.41) is 0. The van der Waals surface area contributed by atoms with Gasteiger partial charge in [-0.15, -0.1) is 0 Å². The summed E-state index contributed by atoms with van der Waals surface area (Å²) in [4.78, 5) is 0. The van der Waals surface area contributed by atoms with E-state index in [9.17, 15) is 13.2 Å². The smallest absolute Gasteiger partial charge is 0.206 e. The topological polar surface area (TPSA) is 0 Å². The molecule has 1 aliphatic carbocycles. The molecule has 1 rings (SSSR count). The summed E-state index contributed by atoms with van der Waals surface area (Å²) in [5.74, 6) is -1.04. The van der Waals surface area contributed by atoms with Crippen LogP contribution in [0.25, 0.3) is 0 Å².